The van der Waals surface area contributed by atoms with Crippen LogP contribution >= 0.6 is 0 Å². The van der Waals surface area contributed by atoms with Gasteiger partial charge in [0.2, 0.25) is 0 Å². The maximum atomic E-state index is 15.2. The largest absolute Gasteiger partial charge is 0.459 e. The minimum Gasteiger partial charge on any atom is -0.459 e. The molecule has 2 aliphatic rings. The zero-order valence-electron chi connectivity index (χ0n) is 44.8. The van der Waals surface area contributed by atoms with Crippen LogP contribution in [0.25, 0.3) is 0 Å². The van der Waals surface area contributed by atoms with Crippen LogP contribution in [0, 0.1) is 0 Å². The molecule has 0 amide bonds. The molecule has 8 aromatic rings. The van der Waals surface area contributed by atoms with Crippen molar-refractivity contribution in [2.75, 3.05) is 0 Å². The highest BCUT2D eigenvalue weighted by Crippen LogP contribution is 2.38. The molecule has 0 saturated carbocycles. The molecule has 0 spiro atoms. The smallest absolute Gasteiger partial charge is 0.338 e. The molecule has 13 nitrogen and oxygen atoms in total. The monoisotopic (exact) mass is 1090 g/mol. The molecule has 416 valence electrons. The highest BCUT2D eigenvalue weighted by molar-refractivity contribution is 5.76. The Hall–Kier alpha value is -7.66. The fourth-order valence-electron chi connectivity index (χ4n) is 9.67. The van der Waals surface area contributed by atoms with E-state index in [1.807, 2.05) is 243 Å². The maximum absolute atomic E-state index is 15.2. The lowest BCUT2D eigenvalue weighted by molar-refractivity contribution is -0.369. The van der Waals surface area contributed by atoms with E-state index in [-0.39, 0.29) is 52.9 Å². The summed E-state index contributed by atoms with van der Waals surface area (Å²) in [6.45, 7) is 0.327. The molecule has 2 saturated heterocycles. The molecule has 0 bridgehead atoms. The first kappa shape index (κ1) is 56.6. The van der Waals surface area contributed by atoms with E-state index in [1.54, 1.807) is 0 Å². The van der Waals surface area contributed by atoms with Gasteiger partial charge in [0.05, 0.1) is 39.6 Å². The third-order valence-corrected chi connectivity index (χ3v) is 13.9. The number of carbonyl (C=O) groups excluding carboxylic acids is 2. The van der Waals surface area contributed by atoms with Crippen LogP contribution in [0.15, 0.2) is 243 Å². The van der Waals surface area contributed by atoms with Crippen LogP contribution < -0.4 is 0 Å². The zero-order chi connectivity index (χ0) is 55.3. The van der Waals surface area contributed by atoms with Gasteiger partial charge < -0.3 is 52.1 Å². The van der Waals surface area contributed by atoms with Gasteiger partial charge in [-0.15, -0.1) is 0 Å². The van der Waals surface area contributed by atoms with Crippen molar-refractivity contribution in [1.82, 2.24) is 0 Å². The van der Waals surface area contributed by atoms with Gasteiger partial charge in [-0.2, -0.15) is 0 Å². The van der Waals surface area contributed by atoms with Crippen molar-refractivity contribution in [1.29, 1.82) is 0 Å². The first-order valence-corrected chi connectivity index (χ1v) is 27.3. The molecule has 13 heteroatoms. The molecule has 10 rings (SSSR count). The van der Waals surface area contributed by atoms with Gasteiger partial charge in [-0.05, 0) is 44.5 Å². The quantitative estimate of drug-likeness (QED) is 0.0476. The summed E-state index contributed by atoms with van der Waals surface area (Å²) in [5.41, 5.74) is 6.60. The van der Waals surface area contributed by atoms with Crippen LogP contribution in [0.2, 0.25) is 0 Å². The molecular weight excluding hydrogens is 1020 g/mol. The first-order valence-electron chi connectivity index (χ1n) is 27.3. The number of benzene rings is 8. The van der Waals surface area contributed by atoms with Gasteiger partial charge >= 0.3 is 11.9 Å². The van der Waals surface area contributed by atoms with Gasteiger partial charge in [0.15, 0.2) is 24.8 Å². The second-order valence-corrected chi connectivity index (χ2v) is 19.7. The summed E-state index contributed by atoms with van der Waals surface area (Å²) in [5.74, 6) is -1.52. The second kappa shape index (κ2) is 29.7. The van der Waals surface area contributed by atoms with E-state index < -0.39 is 73.4 Å². The van der Waals surface area contributed by atoms with Gasteiger partial charge in [-0.3, -0.25) is 0 Å². The third kappa shape index (κ3) is 16.3. The molecule has 8 aromatic carbocycles. The van der Waals surface area contributed by atoms with Crippen LogP contribution in [0.5, 0.6) is 0 Å². The second-order valence-electron chi connectivity index (χ2n) is 19.7. The zero-order valence-corrected chi connectivity index (χ0v) is 44.8. The van der Waals surface area contributed by atoms with E-state index in [0.717, 1.165) is 44.5 Å². The number of hydrogen-bond donors (Lipinski definition) is 0. The van der Waals surface area contributed by atoms with Gasteiger partial charge in [-0.1, -0.05) is 243 Å². The Morgan fingerprint density at radius 2 is 0.494 bits per heavy atom. The molecule has 81 heavy (non-hydrogen) atoms. The van der Waals surface area contributed by atoms with Crippen LogP contribution in [0.3, 0.4) is 0 Å². The summed E-state index contributed by atoms with van der Waals surface area (Å²) in [6.07, 6.45) is -12.8. The molecule has 2 fully saturated rings. The lowest BCUT2D eigenvalue weighted by Crippen LogP contribution is -2.67. The fourth-order valence-corrected chi connectivity index (χ4v) is 9.67. The number of esters is 2. The molecule has 10 atom stereocenters. The van der Waals surface area contributed by atoms with Crippen LogP contribution in [0.4, 0.5) is 0 Å². The summed E-state index contributed by atoms with van der Waals surface area (Å²) in [6, 6.07) is 76.6. The molecule has 2 unspecified atom stereocenters. The van der Waals surface area contributed by atoms with E-state index in [4.69, 9.17) is 52.1 Å². The summed E-state index contributed by atoms with van der Waals surface area (Å²) >= 11 is 0. The van der Waals surface area contributed by atoms with Crippen molar-refractivity contribution in [3.8, 4) is 0 Å². The van der Waals surface area contributed by atoms with Crippen LogP contribution in [-0.2, 0) is 115 Å². The molecule has 0 aliphatic carbocycles. The van der Waals surface area contributed by atoms with Crippen molar-refractivity contribution in [3.63, 3.8) is 0 Å². The van der Waals surface area contributed by atoms with Crippen LogP contribution in [-0.4, -0.2) is 73.4 Å². The van der Waals surface area contributed by atoms with Crippen molar-refractivity contribution >= 4 is 11.9 Å². The van der Waals surface area contributed by atoms with E-state index in [2.05, 4.69) is 0 Å². The number of ether oxygens (including phenoxy) is 11. The number of hydrogen-bond acceptors (Lipinski definition) is 13. The number of carbonyl (C=O) groups is 2. The van der Waals surface area contributed by atoms with E-state index in [0.29, 0.717) is 0 Å². The van der Waals surface area contributed by atoms with Gasteiger partial charge in [0, 0.05) is 0 Å². The predicted octanol–water partition coefficient (Wildman–Crippen LogP) is 11.5. The van der Waals surface area contributed by atoms with E-state index in [9.17, 15) is 0 Å². The molecule has 0 radical (unpaired) electrons. The molecule has 0 N–H and O–H groups in total. The summed E-state index contributed by atoms with van der Waals surface area (Å²) in [4.78, 5) is 30.2. The highest BCUT2D eigenvalue weighted by Gasteiger charge is 2.58. The minimum atomic E-state index is -1.55. The Morgan fingerprint density at radius 3 is 0.827 bits per heavy atom. The average molecular weight is 1090 g/mol. The van der Waals surface area contributed by atoms with Gasteiger partial charge in [0.25, 0.3) is 0 Å². The van der Waals surface area contributed by atoms with Gasteiger partial charge in [0.1, 0.15) is 49.8 Å². The summed E-state index contributed by atoms with van der Waals surface area (Å²) < 4.78 is 75.1. The minimum absolute atomic E-state index is 0.0554. The maximum Gasteiger partial charge on any atom is 0.338 e. The van der Waals surface area contributed by atoms with Crippen molar-refractivity contribution in [2.24, 2.45) is 0 Å². The Bertz CT molecular complexity index is 3070. The fraction of sp³-hybridized carbons (Fsp3) is 0.265. The average Bonchev–Trinajstić information content (AvgIpc) is 3.55. The summed E-state index contributed by atoms with van der Waals surface area (Å²) in [5, 5.41) is 0. The Morgan fingerprint density at radius 1 is 0.259 bits per heavy atom. The molecule has 2 heterocycles. The van der Waals surface area contributed by atoms with E-state index >= 15 is 9.59 Å². The molecule has 2 aliphatic heterocycles. The number of rotatable bonds is 26. The Kier molecular flexibility index (Phi) is 20.8. The van der Waals surface area contributed by atoms with E-state index in [1.165, 1.54) is 0 Å². The predicted molar refractivity (Wildman–Crippen MR) is 301 cm³/mol. The topological polar surface area (TPSA) is 136 Å². The third-order valence-electron chi connectivity index (χ3n) is 13.9. The molecular formula is C68H66O13. The van der Waals surface area contributed by atoms with Gasteiger partial charge in [-0.25, -0.2) is 9.59 Å². The Balaban J connectivity index is 1.08. The molecule has 0 aromatic heterocycles. The van der Waals surface area contributed by atoms with Crippen LogP contribution in [0.1, 0.15) is 44.5 Å². The SMILES string of the molecule is O=C(OCc1ccccc1)C1O[C@H](O[C@H]2C(C(=O)OCc3ccccc3)O[C@@H](OCc3ccccc3)[C@H](OCc3ccccc3)[C@H]2OCc2ccccc2)[C@H](OCc2ccccc2)[C@@H](OCc2ccccc2)[C@H]1OCc1ccccc1. The lowest BCUT2D eigenvalue weighted by atomic mass is 9.95. The first-order chi connectivity index (χ1) is 40.0. The lowest BCUT2D eigenvalue weighted by Gasteiger charge is -2.49. The summed E-state index contributed by atoms with van der Waals surface area (Å²) in [7, 11) is 0. The van der Waals surface area contributed by atoms with Crippen molar-refractivity contribution in [2.45, 2.75) is 114 Å². The standard InChI is InChI=1S/C68H66O13/c69-65(76-46-54-35-19-6-20-36-54)61-57(71-41-49-25-9-1-10-26-49)58(72-42-50-27-11-2-12-28-50)64(75-45-53-33-17-5-18-34-53)68(81-61)79-60-59(73-43-51-29-13-3-14-30-51)63(74-44-52-31-15-4-16-32-52)67(78-48-56-39-23-8-24-40-56)80-62(60)66(70)77-47-55-37-21-7-22-38-55/h1-40,57-64,67-68H,41-48H2/t57-,58+,59+,60-,61?,62?,63-,64-,67-,68+/m1/s1. The Labute approximate surface area is 473 Å². The normalized spacial score (nSPS) is 22.6. The van der Waals surface area contributed by atoms with Crippen molar-refractivity contribution < 1.29 is 61.7 Å². The highest BCUT2D eigenvalue weighted by atomic mass is 16.8. The van der Waals surface area contributed by atoms with Crippen molar-refractivity contribution in [3.05, 3.63) is 287 Å².